The summed E-state index contributed by atoms with van der Waals surface area (Å²) in [5.74, 6) is 0.0773. The van der Waals surface area contributed by atoms with Crippen LogP contribution in [0.1, 0.15) is 16.8 Å². The van der Waals surface area contributed by atoms with Crippen LogP contribution >= 0.6 is 23.8 Å². The van der Waals surface area contributed by atoms with Gasteiger partial charge in [0, 0.05) is 31.7 Å². The van der Waals surface area contributed by atoms with Crippen LogP contribution in [0.4, 0.5) is 0 Å². The molecule has 0 saturated heterocycles. The largest absolute Gasteiger partial charge is 0.506 e. The number of aromatic hydroxyl groups is 1. The molecule has 0 aliphatic carbocycles. The average molecular weight is 324 g/mol. The number of fused-ring (bicyclic) bond motifs is 1. The van der Waals surface area contributed by atoms with Gasteiger partial charge in [0.25, 0.3) is 5.56 Å². The molecule has 110 valence electrons. The van der Waals surface area contributed by atoms with E-state index >= 15 is 0 Å². The van der Waals surface area contributed by atoms with E-state index in [1.165, 1.54) is 0 Å². The number of hydrogen-bond acceptors (Lipinski definition) is 4. The minimum absolute atomic E-state index is 0.0773. The second-order valence-corrected chi connectivity index (χ2v) is 5.86. The Labute approximate surface area is 131 Å². The van der Waals surface area contributed by atoms with Gasteiger partial charge in [-0.3, -0.25) is 14.7 Å². The topological polar surface area (TPSA) is 72.1 Å². The number of nitrogens with zero attached hydrogens (tertiary/aromatic N) is 1. The lowest BCUT2D eigenvalue weighted by Crippen LogP contribution is -2.35. The fourth-order valence-electron chi connectivity index (χ4n) is 2.58. The van der Waals surface area contributed by atoms with Crippen LogP contribution < -0.4 is 5.56 Å². The number of aromatic amines is 2. The second kappa shape index (κ2) is 5.63. The molecule has 21 heavy (non-hydrogen) atoms. The van der Waals surface area contributed by atoms with Gasteiger partial charge >= 0.3 is 0 Å². The van der Waals surface area contributed by atoms with E-state index in [0.717, 1.165) is 24.2 Å². The van der Waals surface area contributed by atoms with E-state index in [9.17, 15) is 9.90 Å². The SMILES string of the molecule is O=c1[nH]c(=S)[nH]c2c1CN(Cc1cccc(O)c1Cl)CC2. The molecule has 0 unspecified atom stereocenters. The number of nitrogens with one attached hydrogen (secondary N) is 2. The summed E-state index contributed by atoms with van der Waals surface area (Å²) < 4.78 is 0.364. The quantitative estimate of drug-likeness (QED) is 0.742. The third-order valence-corrected chi connectivity index (χ3v) is 4.28. The zero-order valence-electron chi connectivity index (χ0n) is 11.1. The zero-order valence-corrected chi connectivity index (χ0v) is 12.7. The summed E-state index contributed by atoms with van der Waals surface area (Å²) in [5, 5.41) is 10.0. The summed E-state index contributed by atoms with van der Waals surface area (Å²) in [6.07, 6.45) is 0.735. The van der Waals surface area contributed by atoms with Crippen LogP contribution in [0, 0.1) is 4.77 Å². The normalized spacial score (nSPS) is 14.9. The van der Waals surface area contributed by atoms with Crippen molar-refractivity contribution in [2.24, 2.45) is 0 Å². The number of phenols is 1. The number of rotatable bonds is 2. The molecule has 3 N–H and O–H groups in total. The molecule has 2 aromatic rings. The van der Waals surface area contributed by atoms with Crippen molar-refractivity contribution in [2.45, 2.75) is 19.5 Å². The Morgan fingerprint density at radius 2 is 2.19 bits per heavy atom. The molecule has 3 rings (SSSR count). The Morgan fingerprint density at radius 1 is 1.38 bits per heavy atom. The van der Waals surface area contributed by atoms with Crippen molar-refractivity contribution in [3.63, 3.8) is 0 Å². The highest BCUT2D eigenvalue weighted by Crippen LogP contribution is 2.28. The molecule has 0 saturated carbocycles. The molecule has 2 heterocycles. The minimum atomic E-state index is -0.138. The molecular formula is C14H14ClN3O2S. The predicted octanol–water partition coefficient (Wildman–Crippen LogP) is 2.35. The first-order valence-corrected chi connectivity index (χ1v) is 7.36. The third kappa shape index (κ3) is 2.88. The minimum Gasteiger partial charge on any atom is -0.506 e. The lowest BCUT2D eigenvalue weighted by Gasteiger charge is -2.28. The van der Waals surface area contributed by atoms with E-state index in [4.69, 9.17) is 23.8 Å². The van der Waals surface area contributed by atoms with Crippen molar-refractivity contribution in [3.05, 3.63) is 55.2 Å². The highest BCUT2D eigenvalue weighted by molar-refractivity contribution is 7.71. The number of phenolic OH excluding ortho intramolecular Hbond substituents is 1. The van der Waals surface area contributed by atoms with Gasteiger partial charge in [-0.05, 0) is 23.8 Å². The summed E-state index contributed by atoms with van der Waals surface area (Å²) in [6, 6.07) is 5.20. The smallest absolute Gasteiger partial charge is 0.256 e. The summed E-state index contributed by atoms with van der Waals surface area (Å²) >= 11 is 11.1. The first kappa shape index (κ1) is 14.3. The van der Waals surface area contributed by atoms with Crippen LogP contribution in [-0.2, 0) is 19.5 Å². The van der Waals surface area contributed by atoms with Gasteiger partial charge in [-0.25, -0.2) is 0 Å². The van der Waals surface area contributed by atoms with E-state index < -0.39 is 0 Å². The number of H-pyrrole nitrogens is 2. The Kier molecular flexibility index (Phi) is 3.84. The van der Waals surface area contributed by atoms with Crippen LogP contribution in [0.5, 0.6) is 5.75 Å². The van der Waals surface area contributed by atoms with Gasteiger partial charge in [-0.2, -0.15) is 0 Å². The summed E-state index contributed by atoms with van der Waals surface area (Å²) in [5.41, 5.74) is 2.33. The lowest BCUT2D eigenvalue weighted by molar-refractivity contribution is 0.241. The molecule has 0 bridgehead atoms. The van der Waals surface area contributed by atoms with E-state index in [-0.39, 0.29) is 11.3 Å². The highest BCUT2D eigenvalue weighted by atomic mass is 35.5. The molecule has 1 aliphatic heterocycles. The van der Waals surface area contributed by atoms with E-state index in [2.05, 4.69) is 14.9 Å². The molecule has 0 fully saturated rings. The number of aromatic nitrogens is 2. The molecule has 1 aromatic heterocycles. The van der Waals surface area contributed by atoms with E-state index in [1.54, 1.807) is 12.1 Å². The maximum atomic E-state index is 12.0. The van der Waals surface area contributed by atoms with E-state index in [0.29, 0.717) is 28.4 Å². The molecule has 0 radical (unpaired) electrons. The number of halogens is 1. The van der Waals surface area contributed by atoms with Gasteiger partial charge in [0.05, 0.1) is 10.6 Å². The van der Waals surface area contributed by atoms with Crippen molar-refractivity contribution in [2.75, 3.05) is 6.54 Å². The fourth-order valence-corrected chi connectivity index (χ4v) is 2.98. The molecule has 5 nitrogen and oxygen atoms in total. The first-order valence-electron chi connectivity index (χ1n) is 6.57. The third-order valence-electron chi connectivity index (χ3n) is 3.64. The Hall–Kier alpha value is -1.63. The van der Waals surface area contributed by atoms with Crippen molar-refractivity contribution >= 4 is 23.8 Å². The van der Waals surface area contributed by atoms with Crippen molar-refractivity contribution in [1.82, 2.24) is 14.9 Å². The first-order chi connectivity index (χ1) is 10.0. The van der Waals surface area contributed by atoms with Gasteiger partial charge in [-0.15, -0.1) is 0 Å². The van der Waals surface area contributed by atoms with Crippen molar-refractivity contribution < 1.29 is 5.11 Å². The zero-order chi connectivity index (χ0) is 15.0. The second-order valence-electron chi connectivity index (χ2n) is 5.08. The molecular weight excluding hydrogens is 310 g/mol. The maximum Gasteiger partial charge on any atom is 0.256 e. The Morgan fingerprint density at radius 3 is 3.00 bits per heavy atom. The van der Waals surface area contributed by atoms with Crippen LogP contribution in [0.15, 0.2) is 23.0 Å². The number of hydrogen-bond donors (Lipinski definition) is 3. The van der Waals surface area contributed by atoms with Crippen molar-refractivity contribution in [3.8, 4) is 5.75 Å². The maximum absolute atomic E-state index is 12.0. The van der Waals surface area contributed by atoms with Crippen LogP contribution in [0.2, 0.25) is 5.02 Å². The van der Waals surface area contributed by atoms with Crippen molar-refractivity contribution in [1.29, 1.82) is 0 Å². The molecule has 0 atom stereocenters. The van der Waals surface area contributed by atoms with Gasteiger partial charge in [0.1, 0.15) is 5.75 Å². The summed E-state index contributed by atoms with van der Waals surface area (Å²) in [6.45, 7) is 1.91. The average Bonchev–Trinajstić information content (AvgIpc) is 2.44. The predicted molar refractivity (Wildman–Crippen MR) is 83.2 cm³/mol. The van der Waals surface area contributed by atoms with Crippen LogP contribution in [0.3, 0.4) is 0 Å². The van der Waals surface area contributed by atoms with Gasteiger partial charge < -0.3 is 10.1 Å². The van der Waals surface area contributed by atoms with Gasteiger partial charge in [0.2, 0.25) is 0 Å². The summed E-state index contributed by atoms with van der Waals surface area (Å²) in [7, 11) is 0. The summed E-state index contributed by atoms with van der Waals surface area (Å²) in [4.78, 5) is 19.7. The van der Waals surface area contributed by atoms with Crippen LogP contribution in [-0.4, -0.2) is 26.5 Å². The Balaban J connectivity index is 1.85. The Bertz CT molecular complexity index is 800. The molecule has 1 aromatic carbocycles. The lowest BCUT2D eigenvalue weighted by atomic mass is 10.1. The molecule has 7 heteroatoms. The molecule has 1 aliphatic rings. The standard InChI is InChI=1S/C14H14ClN3O2S/c15-12-8(2-1-3-11(12)19)6-18-5-4-10-9(7-18)13(20)17-14(21)16-10/h1-3,19H,4-7H2,(H2,16,17,20,21). The van der Waals surface area contributed by atoms with E-state index in [1.807, 2.05) is 6.07 Å². The fraction of sp³-hybridized carbons (Fsp3) is 0.286. The molecule has 0 spiro atoms. The highest BCUT2D eigenvalue weighted by Gasteiger charge is 2.20. The van der Waals surface area contributed by atoms with Gasteiger partial charge in [-0.1, -0.05) is 23.7 Å². The van der Waals surface area contributed by atoms with Gasteiger partial charge in [0.15, 0.2) is 4.77 Å². The molecule has 0 amide bonds. The van der Waals surface area contributed by atoms with Crippen LogP contribution in [0.25, 0.3) is 0 Å². The number of benzene rings is 1. The monoisotopic (exact) mass is 323 g/mol.